The molecule has 0 atom stereocenters. The van der Waals surface area contributed by atoms with Gasteiger partial charge in [-0.2, -0.15) is 0 Å². The Morgan fingerprint density at radius 3 is 2.29 bits per heavy atom. The van der Waals surface area contributed by atoms with E-state index in [1.54, 1.807) is 0 Å². The Kier molecular flexibility index (Phi) is 6.47. The van der Waals surface area contributed by atoms with Crippen molar-refractivity contribution in [1.82, 2.24) is 0 Å². The third-order valence-electron chi connectivity index (χ3n) is 0.778. The van der Waals surface area contributed by atoms with Crippen molar-refractivity contribution in [3.05, 3.63) is 0 Å². The molecule has 43 valence electrons. The van der Waals surface area contributed by atoms with Gasteiger partial charge in [-0.15, -0.1) is 11.6 Å². The molecular weight excluding hydrogens is 112 g/mol. The maximum Gasteiger partial charge on any atom is 0.0822 e. The molecule has 1 radical (unpaired) electrons. The van der Waals surface area contributed by atoms with Crippen molar-refractivity contribution in [2.75, 3.05) is 12.5 Å². The van der Waals surface area contributed by atoms with E-state index in [-0.39, 0.29) is 6.61 Å². The van der Waals surface area contributed by atoms with Gasteiger partial charge < -0.3 is 0 Å². The fraction of sp³-hybridized carbons (Fsp3) is 1.00. The second-order valence-corrected chi connectivity index (χ2v) is 1.83. The summed E-state index contributed by atoms with van der Waals surface area (Å²) in [7, 11) is 0. The zero-order chi connectivity index (χ0) is 5.54. The van der Waals surface area contributed by atoms with Gasteiger partial charge in [0.15, 0.2) is 0 Å². The van der Waals surface area contributed by atoms with Crippen LogP contribution >= 0.6 is 11.6 Å². The van der Waals surface area contributed by atoms with E-state index >= 15 is 0 Å². The fourth-order valence-corrected chi connectivity index (χ4v) is 0.562. The molecule has 0 saturated heterocycles. The number of hydrogen-bond donors (Lipinski definition) is 0. The Labute approximate surface area is 49.3 Å². The molecule has 0 aliphatic rings. The molecule has 0 aromatic heterocycles. The van der Waals surface area contributed by atoms with Crippen LogP contribution in [-0.2, 0) is 5.11 Å². The average molecular weight is 122 g/mol. The largest absolute Gasteiger partial charge is 0.237 e. The van der Waals surface area contributed by atoms with Gasteiger partial charge in [0.25, 0.3) is 0 Å². The van der Waals surface area contributed by atoms with Gasteiger partial charge in [0.1, 0.15) is 0 Å². The molecule has 0 aliphatic heterocycles. The molecule has 0 amide bonds. The van der Waals surface area contributed by atoms with Crippen LogP contribution in [0.2, 0.25) is 0 Å². The van der Waals surface area contributed by atoms with Crippen molar-refractivity contribution in [3.63, 3.8) is 0 Å². The summed E-state index contributed by atoms with van der Waals surface area (Å²) in [5.74, 6) is 0.694. The first-order chi connectivity index (χ1) is 3.41. The quantitative estimate of drug-likeness (QED) is 0.400. The summed E-state index contributed by atoms with van der Waals surface area (Å²) >= 11 is 5.34. The van der Waals surface area contributed by atoms with E-state index in [0.717, 1.165) is 19.3 Å². The van der Waals surface area contributed by atoms with Crippen LogP contribution in [0.4, 0.5) is 0 Å². The van der Waals surface area contributed by atoms with E-state index in [9.17, 15) is 5.11 Å². The minimum Gasteiger partial charge on any atom is -0.237 e. The fourth-order valence-electron chi connectivity index (χ4n) is 0.373. The summed E-state index contributed by atoms with van der Waals surface area (Å²) in [4.78, 5) is 0. The molecule has 0 unspecified atom stereocenters. The average Bonchev–Trinajstić information content (AvgIpc) is 1.69. The van der Waals surface area contributed by atoms with Crippen molar-refractivity contribution in [2.45, 2.75) is 19.3 Å². The second-order valence-electron chi connectivity index (χ2n) is 1.45. The van der Waals surface area contributed by atoms with Crippen LogP contribution < -0.4 is 0 Å². The molecular formula is C5H10ClO. The Hall–Kier alpha value is 0.250. The molecule has 0 N–H and O–H groups in total. The van der Waals surface area contributed by atoms with Crippen LogP contribution in [0.3, 0.4) is 0 Å². The number of unbranched alkanes of at least 4 members (excludes halogenated alkanes) is 2. The molecule has 0 bridgehead atoms. The molecule has 0 spiro atoms. The predicted octanol–water partition coefficient (Wildman–Crippen LogP) is 1.83. The maximum absolute atomic E-state index is 9.76. The monoisotopic (exact) mass is 121 g/mol. The molecule has 0 heterocycles. The molecule has 2 heteroatoms. The van der Waals surface area contributed by atoms with Gasteiger partial charge in [-0.25, -0.2) is 5.11 Å². The third kappa shape index (κ3) is 6.25. The number of rotatable bonds is 4. The van der Waals surface area contributed by atoms with Gasteiger partial charge >= 0.3 is 0 Å². The highest BCUT2D eigenvalue weighted by molar-refractivity contribution is 6.17. The van der Waals surface area contributed by atoms with E-state index in [1.807, 2.05) is 0 Å². The first kappa shape index (κ1) is 7.25. The molecule has 1 nitrogen and oxygen atoms in total. The Morgan fingerprint density at radius 2 is 1.86 bits per heavy atom. The Morgan fingerprint density at radius 1 is 1.14 bits per heavy atom. The van der Waals surface area contributed by atoms with E-state index in [4.69, 9.17) is 11.6 Å². The van der Waals surface area contributed by atoms with Crippen LogP contribution in [0, 0.1) is 0 Å². The summed E-state index contributed by atoms with van der Waals surface area (Å²) in [5.41, 5.74) is 0. The minimum absolute atomic E-state index is 0.0525. The van der Waals surface area contributed by atoms with Crippen LogP contribution in [0.1, 0.15) is 19.3 Å². The Bertz CT molecular complexity index is 27.3. The second kappa shape index (κ2) is 6.25. The minimum atomic E-state index is 0.0525. The highest BCUT2D eigenvalue weighted by atomic mass is 35.5. The van der Waals surface area contributed by atoms with E-state index in [1.165, 1.54) is 0 Å². The van der Waals surface area contributed by atoms with E-state index in [2.05, 4.69) is 0 Å². The van der Waals surface area contributed by atoms with Gasteiger partial charge in [-0.05, 0) is 19.3 Å². The summed E-state index contributed by atoms with van der Waals surface area (Å²) < 4.78 is 0. The summed E-state index contributed by atoms with van der Waals surface area (Å²) in [6, 6.07) is 0. The molecule has 0 aromatic carbocycles. The van der Waals surface area contributed by atoms with Crippen molar-refractivity contribution < 1.29 is 5.11 Å². The molecule has 0 saturated carbocycles. The lowest BCUT2D eigenvalue weighted by Crippen LogP contribution is -1.80. The standard InChI is InChI=1S/C5H10ClO/c6-4-2-1-3-5-7/h1-5H2. The number of hydrogen-bond acceptors (Lipinski definition) is 0. The normalized spacial score (nSPS) is 9.43. The van der Waals surface area contributed by atoms with E-state index < -0.39 is 0 Å². The van der Waals surface area contributed by atoms with Gasteiger partial charge in [0.05, 0.1) is 6.61 Å². The van der Waals surface area contributed by atoms with Crippen molar-refractivity contribution in [2.24, 2.45) is 0 Å². The summed E-state index contributed by atoms with van der Waals surface area (Å²) in [5, 5.41) is 9.76. The highest BCUT2D eigenvalue weighted by Gasteiger charge is 1.83. The van der Waals surface area contributed by atoms with Gasteiger partial charge in [0.2, 0.25) is 0 Å². The topological polar surface area (TPSA) is 19.9 Å². The van der Waals surface area contributed by atoms with Gasteiger partial charge in [-0.1, -0.05) is 0 Å². The highest BCUT2D eigenvalue weighted by Crippen LogP contribution is 1.94. The zero-order valence-corrected chi connectivity index (χ0v) is 5.08. The molecule has 7 heavy (non-hydrogen) atoms. The lowest BCUT2D eigenvalue weighted by molar-refractivity contribution is 0.186. The molecule has 0 rings (SSSR count). The third-order valence-corrected chi connectivity index (χ3v) is 1.05. The van der Waals surface area contributed by atoms with Crippen molar-refractivity contribution in [1.29, 1.82) is 0 Å². The van der Waals surface area contributed by atoms with Crippen molar-refractivity contribution in [3.8, 4) is 0 Å². The van der Waals surface area contributed by atoms with Crippen LogP contribution in [0.25, 0.3) is 0 Å². The van der Waals surface area contributed by atoms with Gasteiger partial charge in [-0.3, -0.25) is 0 Å². The maximum atomic E-state index is 9.76. The van der Waals surface area contributed by atoms with Crippen LogP contribution in [0.15, 0.2) is 0 Å². The van der Waals surface area contributed by atoms with E-state index in [0.29, 0.717) is 5.88 Å². The number of alkyl halides is 1. The van der Waals surface area contributed by atoms with Gasteiger partial charge in [0, 0.05) is 5.88 Å². The molecule has 0 aliphatic carbocycles. The lowest BCUT2D eigenvalue weighted by Gasteiger charge is -1.88. The Balaban J connectivity index is 2.45. The summed E-state index contributed by atoms with van der Waals surface area (Å²) in [6.07, 6.45) is 2.77. The smallest absolute Gasteiger partial charge is 0.0822 e. The van der Waals surface area contributed by atoms with Crippen LogP contribution in [0.5, 0.6) is 0 Å². The number of halogens is 1. The SMILES string of the molecule is [O]CCCCCCl. The van der Waals surface area contributed by atoms with Crippen LogP contribution in [-0.4, -0.2) is 12.5 Å². The molecule has 0 fully saturated rings. The first-order valence-electron chi connectivity index (χ1n) is 2.56. The predicted molar refractivity (Wildman–Crippen MR) is 30.1 cm³/mol. The summed E-state index contributed by atoms with van der Waals surface area (Å²) in [6.45, 7) is 0.0525. The first-order valence-corrected chi connectivity index (χ1v) is 3.09. The zero-order valence-electron chi connectivity index (χ0n) is 4.32. The molecule has 0 aromatic rings. The van der Waals surface area contributed by atoms with Crippen molar-refractivity contribution >= 4 is 11.6 Å². The lowest BCUT2D eigenvalue weighted by atomic mass is 10.3.